The van der Waals surface area contributed by atoms with E-state index in [4.69, 9.17) is 10.8 Å². The molecule has 0 fully saturated rings. The number of aliphatic hydroxyl groups is 1. The molecule has 60 valence electrons. The molecule has 10 heavy (non-hydrogen) atoms. The third-order valence-electron chi connectivity index (χ3n) is 1.15. The zero-order valence-electron chi connectivity index (χ0n) is 6.04. The molecule has 1 amide bonds. The first-order chi connectivity index (χ1) is 4.68. The molecule has 0 saturated heterocycles. The number of thioether (sulfide) groups is 1. The molecule has 0 rings (SSSR count). The third kappa shape index (κ3) is 4.64. The molecular weight excluding hydrogens is 150 g/mol. The molecule has 0 aliphatic carbocycles. The van der Waals surface area contributed by atoms with Crippen LogP contribution in [0.4, 0.5) is 0 Å². The van der Waals surface area contributed by atoms with Crippen molar-refractivity contribution in [3.05, 3.63) is 0 Å². The molecule has 3 nitrogen and oxygen atoms in total. The SMILES string of the molecule is CSCCCC(O)C(N)=O. The van der Waals surface area contributed by atoms with Crippen LogP contribution in [0, 0.1) is 0 Å². The Hall–Kier alpha value is -0.220. The van der Waals surface area contributed by atoms with E-state index >= 15 is 0 Å². The summed E-state index contributed by atoms with van der Waals surface area (Å²) in [4.78, 5) is 10.3. The van der Waals surface area contributed by atoms with Gasteiger partial charge in [0.05, 0.1) is 0 Å². The van der Waals surface area contributed by atoms with Gasteiger partial charge in [0.2, 0.25) is 5.91 Å². The van der Waals surface area contributed by atoms with E-state index in [1.165, 1.54) is 0 Å². The minimum Gasteiger partial charge on any atom is -0.383 e. The van der Waals surface area contributed by atoms with Crippen LogP contribution in [0.1, 0.15) is 12.8 Å². The maximum absolute atomic E-state index is 10.3. The Kier molecular flexibility index (Phi) is 5.43. The van der Waals surface area contributed by atoms with Gasteiger partial charge in [-0.2, -0.15) is 11.8 Å². The second-order valence-corrected chi connectivity index (χ2v) is 3.04. The molecular formula is C6H13NO2S. The van der Waals surface area contributed by atoms with Crippen molar-refractivity contribution in [1.82, 2.24) is 0 Å². The summed E-state index contributed by atoms with van der Waals surface area (Å²) in [6, 6.07) is 0. The molecule has 0 radical (unpaired) electrons. The molecule has 0 bridgehead atoms. The monoisotopic (exact) mass is 163 g/mol. The average molecular weight is 163 g/mol. The number of aliphatic hydroxyl groups excluding tert-OH is 1. The van der Waals surface area contributed by atoms with E-state index in [-0.39, 0.29) is 0 Å². The summed E-state index contributed by atoms with van der Waals surface area (Å²) in [7, 11) is 0. The maximum atomic E-state index is 10.3. The topological polar surface area (TPSA) is 63.3 Å². The van der Waals surface area contributed by atoms with Gasteiger partial charge in [-0.1, -0.05) is 0 Å². The smallest absolute Gasteiger partial charge is 0.246 e. The van der Waals surface area contributed by atoms with Crippen molar-refractivity contribution < 1.29 is 9.90 Å². The molecule has 1 atom stereocenters. The van der Waals surface area contributed by atoms with Crippen LogP contribution in [0.5, 0.6) is 0 Å². The fourth-order valence-corrected chi connectivity index (χ4v) is 1.02. The van der Waals surface area contributed by atoms with Gasteiger partial charge in [-0.15, -0.1) is 0 Å². The van der Waals surface area contributed by atoms with E-state index in [0.717, 1.165) is 12.2 Å². The van der Waals surface area contributed by atoms with Gasteiger partial charge >= 0.3 is 0 Å². The Balaban J connectivity index is 3.21. The first-order valence-corrected chi connectivity index (χ1v) is 4.54. The van der Waals surface area contributed by atoms with Crippen molar-refractivity contribution >= 4 is 17.7 Å². The number of amides is 1. The highest BCUT2D eigenvalue weighted by Crippen LogP contribution is 2.01. The van der Waals surface area contributed by atoms with Crippen molar-refractivity contribution in [1.29, 1.82) is 0 Å². The lowest BCUT2D eigenvalue weighted by molar-refractivity contribution is -0.126. The van der Waals surface area contributed by atoms with E-state index in [2.05, 4.69) is 0 Å². The summed E-state index contributed by atoms with van der Waals surface area (Å²) < 4.78 is 0. The minimum absolute atomic E-state index is 0.482. The molecule has 0 spiro atoms. The van der Waals surface area contributed by atoms with Crippen molar-refractivity contribution in [2.45, 2.75) is 18.9 Å². The lowest BCUT2D eigenvalue weighted by Gasteiger charge is -2.03. The van der Waals surface area contributed by atoms with Crippen molar-refractivity contribution in [3.8, 4) is 0 Å². The molecule has 3 N–H and O–H groups in total. The Morgan fingerprint density at radius 3 is 2.80 bits per heavy atom. The number of carbonyl (C=O) groups excluding carboxylic acids is 1. The first-order valence-electron chi connectivity index (χ1n) is 3.14. The minimum atomic E-state index is -0.952. The van der Waals surface area contributed by atoms with Crippen LogP contribution in [0.15, 0.2) is 0 Å². The highest BCUT2D eigenvalue weighted by molar-refractivity contribution is 7.98. The molecule has 0 aliphatic rings. The van der Waals surface area contributed by atoms with Crippen LogP contribution in [0.25, 0.3) is 0 Å². The molecule has 0 aromatic heterocycles. The van der Waals surface area contributed by atoms with Gasteiger partial charge in [0, 0.05) is 0 Å². The zero-order valence-corrected chi connectivity index (χ0v) is 6.86. The van der Waals surface area contributed by atoms with Gasteiger partial charge in [-0.3, -0.25) is 4.79 Å². The number of hydrogen-bond donors (Lipinski definition) is 2. The van der Waals surface area contributed by atoms with E-state index in [0.29, 0.717) is 6.42 Å². The van der Waals surface area contributed by atoms with Gasteiger partial charge in [-0.25, -0.2) is 0 Å². The summed E-state index contributed by atoms with van der Waals surface area (Å²) in [5.41, 5.74) is 4.82. The Bertz CT molecular complexity index is 108. The Morgan fingerprint density at radius 1 is 1.80 bits per heavy atom. The van der Waals surface area contributed by atoms with Crippen molar-refractivity contribution in [3.63, 3.8) is 0 Å². The van der Waals surface area contributed by atoms with Gasteiger partial charge in [0.25, 0.3) is 0 Å². The quantitative estimate of drug-likeness (QED) is 0.560. The normalized spacial score (nSPS) is 13.0. The maximum Gasteiger partial charge on any atom is 0.246 e. The second kappa shape index (κ2) is 5.56. The van der Waals surface area contributed by atoms with E-state index in [1.807, 2.05) is 6.26 Å². The third-order valence-corrected chi connectivity index (χ3v) is 1.85. The number of hydrogen-bond acceptors (Lipinski definition) is 3. The highest BCUT2D eigenvalue weighted by Gasteiger charge is 2.08. The van der Waals surface area contributed by atoms with E-state index in [1.54, 1.807) is 11.8 Å². The van der Waals surface area contributed by atoms with E-state index < -0.39 is 12.0 Å². The summed E-state index contributed by atoms with van der Waals surface area (Å²) >= 11 is 1.69. The number of carbonyl (C=O) groups is 1. The molecule has 4 heteroatoms. The van der Waals surface area contributed by atoms with Crippen molar-refractivity contribution in [2.24, 2.45) is 5.73 Å². The predicted octanol–water partition coefficient (Wildman–Crippen LogP) is -0.0242. The van der Waals surface area contributed by atoms with Crippen LogP contribution in [0.3, 0.4) is 0 Å². The standard InChI is InChI=1S/C6H13NO2S/c1-10-4-2-3-5(8)6(7)9/h5,8H,2-4H2,1H3,(H2,7,9). The Morgan fingerprint density at radius 2 is 2.40 bits per heavy atom. The van der Waals surface area contributed by atoms with Crippen molar-refractivity contribution in [2.75, 3.05) is 12.0 Å². The largest absolute Gasteiger partial charge is 0.383 e. The van der Waals surface area contributed by atoms with Crippen LogP contribution in [-0.2, 0) is 4.79 Å². The van der Waals surface area contributed by atoms with Gasteiger partial charge in [0.15, 0.2) is 0 Å². The molecule has 0 aromatic carbocycles. The summed E-state index contributed by atoms with van der Waals surface area (Å²) in [6.45, 7) is 0. The van der Waals surface area contributed by atoms with Gasteiger partial charge in [0.1, 0.15) is 6.10 Å². The average Bonchev–Trinajstić information content (AvgIpc) is 1.88. The molecule has 0 heterocycles. The van der Waals surface area contributed by atoms with Crippen LogP contribution in [0.2, 0.25) is 0 Å². The fourth-order valence-electron chi connectivity index (χ4n) is 0.563. The van der Waals surface area contributed by atoms with Gasteiger partial charge in [-0.05, 0) is 24.9 Å². The molecule has 0 aliphatic heterocycles. The molecule has 0 saturated carbocycles. The lowest BCUT2D eigenvalue weighted by Crippen LogP contribution is -2.28. The van der Waals surface area contributed by atoms with E-state index in [9.17, 15) is 4.79 Å². The van der Waals surface area contributed by atoms with Gasteiger partial charge < -0.3 is 10.8 Å². The fraction of sp³-hybridized carbons (Fsp3) is 0.833. The van der Waals surface area contributed by atoms with Crippen LogP contribution >= 0.6 is 11.8 Å². The molecule has 1 unspecified atom stereocenters. The summed E-state index contributed by atoms with van der Waals surface area (Å²) in [5, 5.41) is 8.87. The van der Waals surface area contributed by atoms with Crippen LogP contribution < -0.4 is 5.73 Å². The molecule has 0 aromatic rings. The first kappa shape index (κ1) is 9.78. The summed E-state index contributed by atoms with van der Waals surface area (Å²) in [5.74, 6) is 0.339. The summed E-state index contributed by atoms with van der Waals surface area (Å²) in [6.07, 6.45) is 2.35. The second-order valence-electron chi connectivity index (χ2n) is 2.05. The highest BCUT2D eigenvalue weighted by atomic mass is 32.2. The predicted molar refractivity (Wildman–Crippen MR) is 42.8 cm³/mol. The number of rotatable bonds is 5. The number of primary amides is 1. The zero-order chi connectivity index (χ0) is 7.98. The lowest BCUT2D eigenvalue weighted by atomic mass is 10.2. The Labute approximate surface area is 65.0 Å². The number of nitrogens with two attached hydrogens (primary N) is 1. The van der Waals surface area contributed by atoms with Crippen LogP contribution in [-0.4, -0.2) is 29.1 Å².